The number of nitrogens with one attached hydrogen (secondary N) is 1. The van der Waals surface area contributed by atoms with E-state index in [0.29, 0.717) is 5.56 Å². The number of benzene rings is 2. The Morgan fingerprint density at radius 3 is 2.26 bits per heavy atom. The van der Waals surface area contributed by atoms with Crippen LogP contribution in [0.3, 0.4) is 0 Å². The average Bonchev–Trinajstić information content (AvgIpc) is 2.73. The molecule has 0 aliphatic rings. The van der Waals surface area contributed by atoms with E-state index in [4.69, 9.17) is 23.2 Å². The van der Waals surface area contributed by atoms with E-state index in [-0.39, 0.29) is 34.2 Å². The predicted molar refractivity (Wildman–Crippen MR) is 113 cm³/mol. The summed E-state index contributed by atoms with van der Waals surface area (Å²) in [5, 5.41) is 9.90. The summed E-state index contributed by atoms with van der Waals surface area (Å²) in [6.07, 6.45) is -13.2. The molecule has 6 nitrogen and oxygen atoms in total. The van der Waals surface area contributed by atoms with Gasteiger partial charge in [0.05, 0.1) is 12.1 Å². The molecule has 0 saturated carbocycles. The average molecular weight is 542 g/mol. The molecule has 0 radical (unpaired) electrons. The molecule has 0 unspecified atom stereocenters. The molecule has 15 heteroatoms. The zero-order valence-electron chi connectivity index (χ0n) is 17.0. The van der Waals surface area contributed by atoms with Crippen molar-refractivity contribution in [2.24, 2.45) is 10.2 Å². The lowest BCUT2D eigenvalue weighted by atomic mass is 10.2. The van der Waals surface area contributed by atoms with Gasteiger partial charge in [0.2, 0.25) is 5.28 Å². The Balaban J connectivity index is 1.69. The number of ether oxygens (including phenoxy) is 1. The van der Waals surface area contributed by atoms with Gasteiger partial charge in [-0.05, 0) is 47.5 Å². The third-order valence-corrected chi connectivity index (χ3v) is 4.43. The second-order valence-corrected chi connectivity index (χ2v) is 7.51. The number of rotatable bonds is 8. The summed E-state index contributed by atoms with van der Waals surface area (Å²) in [5.74, 6) is -0.498. The van der Waals surface area contributed by atoms with Crippen LogP contribution >= 0.6 is 23.2 Å². The fourth-order valence-corrected chi connectivity index (χ4v) is 2.96. The molecular formula is C20H12Cl2F7N5O. The van der Waals surface area contributed by atoms with E-state index in [1.54, 1.807) is 0 Å². The summed E-state index contributed by atoms with van der Waals surface area (Å²) in [6.45, 7) is -0.0564. The van der Waals surface area contributed by atoms with Gasteiger partial charge in [-0.1, -0.05) is 23.7 Å². The maximum Gasteiger partial charge on any atom is 0.461 e. The standard InChI is InChI=1S/C20H12Cl2F7N5O/c21-12-5-11(19(25,26)27)6-13(7-12)31-15-8-16(33-18(22)32-15)34-30-9-10-1-3-14(4-2-10)35-20(28,29)17(23)24/h1-8,17H,9H2,(H,31,32,33). The minimum absolute atomic E-state index is 0.0100. The van der Waals surface area contributed by atoms with Gasteiger partial charge in [-0.15, -0.1) is 5.11 Å². The van der Waals surface area contributed by atoms with Crippen molar-refractivity contribution in [2.75, 3.05) is 5.32 Å². The molecule has 1 aromatic heterocycles. The summed E-state index contributed by atoms with van der Waals surface area (Å²) in [4.78, 5) is 7.68. The molecule has 3 aromatic rings. The Hall–Kier alpha value is -3.19. The smallest absolute Gasteiger partial charge is 0.428 e. The predicted octanol–water partition coefficient (Wildman–Crippen LogP) is 8.07. The number of aromatic nitrogens is 2. The first-order chi connectivity index (χ1) is 16.3. The Morgan fingerprint density at radius 1 is 0.943 bits per heavy atom. The number of hydrogen-bond donors (Lipinski definition) is 1. The second-order valence-electron chi connectivity index (χ2n) is 6.74. The lowest BCUT2D eigenvalue weighted by Crippen LogP contribution is -2.33. The molecule has 35 heavy (non-hydrogen) atoms. The third-order valence-electron chi connectivity index (χ3n) is 4.04. The monoisotopic (exact) mass is 541 g/mol. The number of hydrogen-bond acceptors (Lipinski definition) is 6. The summed E-state index contributed by atoms with van der Waals surface area (Å²) in [5.41, 5.74) is -0.511. The molecule has 0 spiro atoms. The van der Waals surface area contributed by atoms with Crippen LogP contribution in [0.1, 0.15) is 11.1 Å². The maximum atomic E-state index is 13.0. The highest BCUT2D eigenvalue weighted by atomic mass is 35.5. The number of azo groups is 1. The van der Waals surface area contributed by atoms with Crippen LogP contribution < -0.4 is 10.1 Å². The van der Waals surface area contributed by atoms with Gasteiger partial charge in [0.15, 0.2) is 5.82 Å². The summed E-state index contributed by atoms with van der Waals surface area (Å²) >= 11 is 11.6. The van der Waals surface area contributed by atoms with Crippen molar-refractivity contribution in [1.29, 1.82) is 0 Å². The van der Waals surface area contributed by atoms with Gasteiger partial charge in [0, 0.05) is 16.8 Å². The van der Waals surface area contributed by atoms with Gasteiger partial charge in [-0.25, -0.2) is 4.98 Å². The minimum atomic E-state index is -4.63. The topological polar surface area (TPSA) is 71.8 Å². The van der Waals surface area contributed by atoms with Crippen LogP contribution in [0.4, 0.5) is 48.1 Å². The van der Waals surface area contributed by atoms with Crippen molar-refractivity contribution in [1.82, 2.24) is 9.97 Å². The number of alkyl halides is 7. The van der Waals surface area contributed by atoms with E-state index in [1.807, 2.05) is 0 Å². The van der Waals surface area contributed by atoms with Crippen molar-refractivity contribution in [3.05, 3.63) is 70.0 Å². The first-order valence-electron chi connectivity index (χ1n) is 9.32. The first kappa shape index (κ1) is 26.4. The van der Waals surface area contributed by atoms with E-state index in [0.717, 1.165) is 24.3 Å². The molecular weight excluding hydrogens is 530 g/mol. The van der Waals surface area contributed by atoms with Crippen LogP contribution in [-0.2, 0) is 12.7 Å². The SMILES string of the molecule is FC(F)C(F)(F)Oc1ccc(CN=Nc2cc(Nc3cc(Cl)cc(C(F)(F)F)c3)nc(Cl)n2)cc1. The molecule has 0 saturated heterocycles. The van der Waals surface area contributed by atoms with Crippen molar-refractivity contribution >= 4 is 40.5 Å². The number of anilines is 2. The molecule has 0 amide bonds. The molecule has 1 N–H and O–H groups in total. The molecule has 3 rings (SSSR count). The Kier molecular flexibility index (Phi) is 8.00. The third kappa shape index (κ3) is 7.65. The molecule has 186 valence electrons. The maximum absolute atomic E-state index is 13.0. The van der Waals surface area contributed by atoms with Crippen LogP contribution in [0.25, 0.3) is 0 Å². The van der Waals surface area contributed by atoms with Crippen LogP contribution in [0.15, 0.2) is 58.8 Å². The summed E-state index contributed by atoms with van der Waals surface area (Å²) < 4.78 is 93.2. The van der Waals surface area contributed by atoms with Crippen molar-refractivity contribution in [2.45, 2.75) is 25.3 Å². The Morgan fingerprint density at radius 2 is 1.63 bits per heavy atom. The van der Waals surface area contributed by atoms with Crippen LogP contribution in [-0.4, -0.2) is 22.5 Å². The number of halogens is 9. The van der Waals surface area contributed by atoms with E-state index >= 15 is 0 Å². The first-order valence-corrected chi connectivity index (χ1v) is 10.1. The number of nitrogens with zero attached hydrogens (tertiary/aromatic N) is 4. The van der Waals surface area contributed by atoms with Crippen molar-refractivity contribution in [3.63, 3.8) is 0 Å². The minimum Gasteiger partial charge on any atom is -0.428 e. The fraction of sp³-hybridized carbons (Fsp3) is 0.200. The molecule has 0 bridgehead atoms. The van der Waals surface area contributed by atoms with Gasteiger partial charge >= 0.3 is 18.7 Å². The normalized spacial score (nSPS) is 12.4. The van der Waals surface area contributed by atoms with Gasteiger partial charge in [0.1, 0.15) is 11.6 Å². The van der Waals surface area contributed by atoms with Gasteiger partial charge in [-0.3, -0.25) is 0 Å². The van der Waals surface area contributed by atoms with Crippen molar-refractivity contribution in [3.8, 4) is 5.75 Å². The molecule has 0 atom stereocenters. The van der Waals surface area contributed by atoms with Gasteiger partial charge < -0.3 is 10.1 Å². The lowest BCUT2D eigenvalue weighted by molar-refractivity contribution is -0.253. The van der Waals surface area contributed by atoms with Crippen molar-refractivity contribution < 1.29 is 35.5 Å². The molecule has 0 aliphatic heterocycles. The lowest BCUT2D eigenvalue weighted by Gasteiger charge is -2.16. The molecule has 0 fully saturated rings. The largest absolute Gasteiger partial charge is 0.461 e. The van der Waals surface area contributed by atoms with Crippen LogP contribution in [0.2, 0.25) is 10.3 Å². The van der Waals surface area contributed by atoms with Crippen LogP contribution in [0.5, 0.6) is 5.75 Å². The van der Waals surface area contributed by atoms with Gasteiger partial charge in [-0.2, -0.15) is 40.8 Å². The van der Waals surface area contributed by atoms with Crippen LogP contribution in [0, 0.1) is 0 Å². The van der Waals surface area contributed by atoms with Gasteiger partial charge in [0.25, 0.3) is 0 Å². The van der Waals surface area contributed by atoms with E-state index in [2.05, 4.69) is 30.3 Å². The highest BCUT2D eigenvalue weighted by Crippen LogP contribution is 2.34. The molecule has 1 heterocycles. The summed E-state index contributed by atoms with van der Waals surface area (Å²) in [7, 11) is 0. The second kappa shape index (κ2) is 10.6. The van der Waals surface area contributed by atoms with E-state index in [9.17, 15) is 30.7 Å². The Labute approximate surface area is 202 Å². The summed E-state index contributed by atoms with van der Waals surface area (Å²) in [6, 6.07) is 8.84. The quantitative estimate of drug-likeness (QED) is 0.178. The molecule has 2 aromatic carbocycles. The fourth-order valence-electron chi connectivity index (χ4n) is 2.55. The highest BCUT2D eigenvalue weighted by molar-refractivity contribution is 6.31. The van der Waals surface area contributed by atoms with E-state index < -0.39 is 30.0 Å². The molecule has 0 aliphatic carbocycles. The zero-order valence-corrected chi connectivity index (χ0v) is 18.5. The highest BCUT2D eigenvalue weighted by Gasteiger charge is 2.43. The van der Waals surface area contributed by atoms with E-state index in [1.165, 1.54) is 24.3 Å². The zero-order chi connectivity index (χ0) is 25.8. The Bertz CT molecular complexity index is 1210.